The fourth-order valence-corrected chi connectivity index (χ4v) is 2.75. The van der Waals surface area contributed by atoms with Gasteiger partial charge in [0.25, 0.3) is 0 Å². The van der Waals surface area contributed by atoms with Gasteiger partial charge >= 0.3 is 0 Å². The molecule has 0 radical (unpaired) electrons. The average molecular weight is 335 g/mol. The molecule has 1 atom stereocenters. The second kappa shape index (κ2) is 5.00. The molecule has 0 spiro atoms. The van der Waals surface area contributed by atoms with Crippen LogP contribution >= 0.6 is 15.9 Å². The molecule has 0 aromatic heterocycles. The summed E-state index contributed by atoms with van der Waals surface area (Å²) in [6.45, 7) is 0. The molecule has 5 heteroatoms. The molecule has 1 unspecified atom stereocenters. The van der Waals surface area contributed by atoms with E-state index in [1.807, 2.05) is 18.2 Å². The Morgan fingerprint density at radius 1 is 1.25 bits per heavy atom. The first-order valence-corrected chi connectivity index (χ1v) is 6.97. The molecule has 0 saturated heterocycles. The lowest BCUT2D eigenvalue weighted by atomic mass is 9.97. The summed E-state index contributed by atoms with van der Waals surface area (Å²) < 4.78 is 14.7. The van der Waals surface area contributed by atoms with Gasteiger partial charge in [0.15, 0.2) is 0 Å². The summed E-state index contributed by atoms with van der Waals surface area (Å²) in [5.74, 6) is -0.366. The maximum atomic E-state index is 13.9. The summed E-state index contributed by atoms with van der Waals surface area (Å²) in [5.41, 5.74) is 9.07. The minimum atomic E-state index is -0.562. The van der Waals surface area contributed by atoms with Crippen molar-refractivity contribution in [2.24, 2.45) is 5.73 Å². The van der Waals surface area contributed by atoms with E-state index in [9.17, 15) is 9.18 Å². The Labute approximate surface area is 124 Å². The van der Waals surface area contributed by atoms with Crippen LogP contribution in [0.4, 0.5) is 10.1 Å². The molecule has 1 heterocycles. The number of fused-ring (bicyclic) bond motifs is 1. The third-order valence-electron chi connectivity index (χ3n) is 3.41. The van der Waals surface area contributed by atoms with E-state index in [2.05, 4.69) is 21.2 Å². The van der Waals surface area contributed by atoms with Crippen LogP contribution in [-0.4, -0.2) is 5.91 Å². The van der Waals surface area contributed by atoms with Crippen molar-refractivity contribution in [3.63, 3.8) is 0 Å². The van der Waals surface area contributed by atoms with Crippen LogP contribution in [0.2, 0.25) is 0 Å². The second-order valence-electron chi connectivity index (χ2n) is 4.79. The highest BCUT2D eigenvalue weighted by atomic mass is 79.9. The maximum absolute atomic E-state index is 13.9. The highest BCUT2D eigenvalue weighted by molar-refractivity contribution is 9.10. The van der Waals surface area contributed by atoms with Gasteiger partial charge in [-0.2, -0.15) is 0 Å². The number of benzene rings is 2. The number of carbonyl (C=O) groups excluding carboxylic acids is 1. The quantitative estimate of drug-likeness (QED) is 0.886. The molecule has 1 aliphatic heterocycles. The van der Waals surface area contributed by atoms with Gasteiger partial charge in [0.05, 0.1) is 12.5 Å². The smallest absolute Gasteiger partial charge is 0.228 e. The summed E-state index contributed by atoms with van der Waals surface area (Å²) in [7, 11) is 0. The Bertz CT molecular complexity index is 702. The number of hydrogen-bond donors (Lipinski definition) is 2. The van der Waals surface area contributed by atoms with E-state index in [0.717, 1.165) is 21.3 Å². The number of rotatable bonds is 2. The Balaban J connectivity index is 1.99. The molecular weight excluding hydrogens is 323 g/mol. The van der Waals surface area contributed by atoms with E-state index in [1.165, 1.54) is 6.07 Å². The first-order valence-electron chi connectivity index (χ1n) is 6.18. The highest BCUT2D eigenvalue weighted by Gasteiger charge is 2.20. The molecule has 2 aromatic carbocycles. The third kappa shape index (κ3) is 2.34. The van der Waals surface area contributed by atoms with Crippen molar-refractivity contribution in [1.82, 2.24) is 0 Å². The minimum Gasteiger partial charge on any atom is -0.326 e. The second-order valence-corrected chi connectivity index (χ2v) is 5.70. The molecule has 3 N–H and O–H groups in total. The summed E-state index contributed by atoms with van der Waals surface area (Å²) >= 11 is 3.32. The van der Waals surface area contributed by atoms with Gasteiger partial charge in [-0.1, -0.05) is 28.1 Å². The monoisotopic (exact) mass is 334 g/mol. The SMILES string of the molecule is NC(c1ccc2c(c1)CC(=O)N2)c1cc(Br)ccc1F. The van der Waals surface area contributed by atoms with Crippen LogP contribution in [-0.2, 0) is 11.2 Å². The normalized spacial score (nSPS) is 14.8. The van der Waals surface area contributed by atoms with E-state index >= 15 is 0 Å². The topological polar surface area (TPSA) is 55.1 Å². The summed E-state index contributed by atoms with van der Waals surface area (Å²) in [6, 6.07) is 9.62. The zero-order valence-electron chi connectivity index (χ0n) is 10.5. The molecule has 2 aromatic rings. The first-order chi connectivity index (χ1) is 9.54. The number of nitrogens with two attached hydrogens (primary N) is 1. The number of carbonyl (C=O) groups is 1. The number of nitrogens with one attached hydrogen (secondary N) is 1. The Hall–Kier alpha value is -1.72. The van der Waals surface area contributed by atoms with Crippen LogP contribution in [0, 0.1) is 5.82 Å². The third-order valence-corrected chi connectivity index (χ3v) is 3.90. The lowest BCUT2D eigenvalue weighted by molar-refractivity contribution is -0.115. The Morgan fingerprint density at radius 2 is 2.05 bits per heavy atom. The van der Waals surface area contributed by atoms with Gasteiger partial charge in [0.2, 0.25) is 5.91 Å². The fourth-order valence-electron chi connectivity index (χ4n) is 2.38. The lowest BCUT2D eigenvalue weighted by Gasteiger charge is -2.15. The van der Waals surface area contributed by atoms with Crippen molar-refractivity contribution in [1.29, 1.82) is 0 Å². The van der Waals surface area contributed by atoms with Gasteiger partial charge < -0.3 is 11.1 Å². The van der Waals surface area contributed by atoms with Crippen LogP contribution in [0.1, 0.15) is 22.7 Å². The molecule has 102 valence electrons. The number of anilines is 1. The number of hydrogen-bond acceptors (Lipinski definition) is 2. The standard InChI is InChI=1S/C15H12BrFN2O/c16-10-2-3-12(17)11(7-10)15(18)8-1-4-13-9(5-8)6-14(20)19-13/h1-5,7,15H,6,18H2,(H,19,20). The van der Waals surface area contributed by atoms with Crippen molar-refractivity contribution in [2.45, 2.75) is 12.5 Å². The predicted molar refractivity (Wildman–Crippen MR) is 78.9 cm³/mol. The molecule has 0 saturated carbocycles. The van der Waals surface area contributed by atoms with Crippen LogP contribution in [0.5, 0.6) is 0 Å². The van der Waals surface area contributed by atoms with Gasteiger partial charge in [-0.3, -0.25) is 4.79 Å². The number of halogens is 2. The largest absolute Gasteiger partial charge is 0.326 e. The summed E-state index contributed by atoms with van der Waals surface area (Å²) in [6.07, 6.45) is 0.344. The highest BCUT2D eigenvalue weighted by Crippen LogP contribution is 2.30. The Kier molecular flexibility index (Phi) is 3.31. The molecule has 0 bridgehead atoms. The van der Waals surface area contributed by atoms with Gasteiger partial charge in [-0.05, 0) is 35.4 Å². The van der Waals surface area contributed by atoms with Crippen molar-refractivity contribution in [3.8, 4) is 0 Å². The molecule has 0 aliphatic carbocycles. The lowest BCUT2D eigenvalue weighted by Crippen LogP contribution is -2.14. The molecular formula is C15H12BrFN2O. The molecule has 20 heavy (non-hydrogen) atoms. The van der Waals surface area contributed by atoms with Crippen molar-refractivity contribution in [2.75, 3.05) is 5.32 Å². The minimum absolute atomic E-state index is 0.0284. The molecule has 1 aliphatic rings. The molecule has 3 rings (SSSR count). The molecule has 3 nitrogen and oxygen atoms in total. The van der Waals surface area contributed by atoms with Crippen LogP contribution < -0.4 is 11.1 Å². The van der Waals surface area contributed by atoms with Crippen LogP contribution in [0.25, 0.3) is 0 Å². The average Bonchev–Trinajstić information content (AvgIpc) is 2.79. The van der Waals surface area contributed by atoms with Crippen LogP contribution in [0.15, 0.2) is 40.9 Å². The predicted octanol–water partition coefficient (Wildman–Crippen LogP) is 3.13. The zero-order chi connectivity index (χ0) is 14.3. The fraction of sp³-hybridized carbons (Fsp3) is 0.133. The maximum Gasteiger partial charge on any atom is 0.228 e. The van der Waals surface area contributed by atoms with E-state index in [-0.39, 0.29) is 11.7 Å². The van der Waals surface area contributed by atoms with Crippen molar-refractivity contribution in [3.05, 3.63) is 63.4 Å². The first kappa shape index (κ1) is 13.3. The Morgan fingerprint density at radius 3 is 2.85 bits per heavy atom. The molecule has 0 fully saturated rings. The van der Waals surface area contributed by atoms with E-state index < -0.39 is 6.04 Å². The van der Waals surface area contributed by atoms with Crippen LogP contribution in [0.3, 0.4) is 0 Å². The van der Waals surface area contributed by atoms with Gasteiger partial charge in [-0.25, -0.2) is 4.39 Å². The van der Waals surface area contributed by atoms with E-state index in [1.54, 1.807) is 12.1 Å². The van der Waals surface area contributed by atoms with Crippen molar-refractivity contribution >= 4 is 27.5 Å². The van der Waals surface area contributed by atoms with E-state index in [0.29, 0.717) is 12.0 Å². The van der Waals surface area contributed by atoms with Gasteiger partial charge in [0, 0.05) is 15.7 Å². The van der Waals surface area contributed by atoms with E-state index in [4.69, 9.17) is 5.73 Å². The van der Waals surface area contributed by atoms with Crippen molar-refractivity contribution < 1.29 is 9.18 Å². The molecule has 1 amide bonds. The summed E-state index contributed by atoms with van der Waals surface area (Å²) in [5, 5.41) is 2.76. The summed E-state index contributed by atoms with van der Waals surface area (Å²) in [4.78, 5) is 11.3. The zero-order valence-corrected chi connectivity index (χ0v) is 12.1. The van der Waals surface area contributed by atoms with Gasteiger partial charge in [0.1, 0.15) is 5.82 Å². The van der Waals surface area contributed by atoms with Gasteiger partial charge in [-0.15, -0.1) is 0 Å². The number of amides is 1.